The number of hydrogen-bond acceptors (Lipinski definition) is 3. The lowest BCUT2D eigenvalue weighted by atomic mass is 9.95. The maximum atomic E-state index is 5.49. The highest BCUT2D eigenvalue weighted by molar-refractivity contribution is 5.61. The van der Waals surface area contributed by atoms with Gasteiger partial charge in [-0.05, 0) is 36.0 Å². The molecule has 0 N–H and O–H groups in total. The maximum absolute atomic E-state index is 5.49. The molecule has 146 valence electrons. The van der Waals surface area contributed by atoms with Crippen LogP contribution in [0, 0.1) is 0 Å². The summed E-state index contributed by atoms with van der Waals surface area (Å²) in [5.74, 6) is 0.569. The Morgan fingerprint density at radius 1 is 1.04 bits per heavy atom. The minimum absolute atomic E-state index is 0.553. The first kappa shape index (κ1) is 18.7. The Hall–Kier alpha value is -1.65. The van der Waals surface area contributed by atoms with Crippen LogP contribution in [0.2, 0.25) is 0 Å². The molecule has 2 fully saturated rings. The Morgan fingerprint density at radius 2 is 1.74 bits per heavy atom. The van der Waals surface area contributed by atoms with Crippen LogP contribution >= 0.6 is 0 Å². The van der Waals surface area contributed by atoms with E-state index in [0.29, 0.717) is 12.0 Å². The molecule has 0 atom stereocenters. The summed E-state index contributed by atoms with van der Waals surface area (Å²) in [6.07, 6.45) is 6.55. The molecule has 4 heteroatoms. The van der Waals surface area contributed by atoms with E-state index in [9.17, 15) is 0 Å². The molecule has 1 aromatic carbocycles. The van der Waals surface area contributed by atoms with Crippen LogP contribution in [0.1, 0.15) is 69.2 Å². The summed E-state index contributed by atoms with van der Waals surface area (Å²) in [7, 11) is 0. The zero-order valence-electron chi connectivity index (χ0n) is 16.9. The van der Waals surface area contributed by atoms with E-state index in [1.54, 1.807) is 0 Å². The molecule has 0 bridgehead atoms. The molecule has 27 heavy (non-hydrogen) atoms. The summed E-state index contributed by atoms with van der Waals surface area (Å²) in [6, 6.07) is 12.0. The van der Waals surface area contributed by atoms with E-state index in [1.165, 1.54) is 54.6 Å². The molecule has 1 aliphatic carbocycles. The second kappa shape index (κ2) is 8.57. The van der Waals surface area contributed by atoms with E-state index in [4.69, 9.17) is 9.84 Å². The zero-order chi connectivity index (χ0) is 18.6. The van der Waals surface area contributed by atoms with Crippen LogP contribution in [0.15, 0.2) is 30.3 Å². The third-order valence-corrected chi connectivity index (χ3v) is 6.07. The summed E-state index contributed by atoms with van der Waals surface area (Å²) in [6.45, 7) is 9.13. The Kier molecular flexibility index (Phi) is 5.94. The first-order chi connectivity index (χ1) is 13.2. The summed E-state index contributed by atoms with van der Waals surface area (Å²) in [5.41, 5.74) is 5.19. The standard InChI is InChI=1S/C23H33N3O/c1-18(2)19-8-10-20(11-9-19)23-16-21(17-25-12-14-27-15-13-25)24-26(23)22-6-4-3-5-7-22/h8-11,16,18,22H,3-7,12-15,17H2,1-2H3. The minimum atomic E-state index is 0.553. The molecule has 0 amide bonds. The topological polar surface area (TPSA) is 30.3 Å². The molecule has 2 aromatic rings. The van der Waals surface area contributed by atoms with E-state index >= 15 is 0 Å². The summed E-state index contributed by atoms with van der Waals surface area (Å²) in [5, 5.41) is 5.10. The van der Waals surface area contributed by atoms with Crippen LogP contribution in [0.25, 0.3) is 11.3 Å². The lowest BCUT2D eigenvalue weighted by Gasteiger charge is -2.26. The van der Waals surface area contributed by atoms with Crippen molar-refractivity contribution in [2.24, 2.45) is 0 Å². The number of aromatic nitrogens is 2. The smallest absolute Gasteiger partial charge is 0.0771 e. The van der Waals surface area contributed by atoms with Crippen LogP contribution in [0.4, 0.5) is 0 Å². The molecule has 1 aromatic heterocycles. The van der Waals surface area contributed by atoms with Crippen molar-refractivity contribution in [1.82, 2.24) is 14.7 Å². The van der Waals surface area contributed by atoms with Gasteiger partial charge in [-0.2, -0.15) is 5.10 Å². The SMILES string of the molecule is CC(C)c1ccc(-c2cc(CN3CCOCC3)nn2C2CCCCC2)cc1. The number of nitrogens with zero attached hydrogens (tertiary/aromatic N) is 3. The van der Waals surface area contributed by atoms with Crippen LogP contribution in [-0.2, 0) is 11.3 Å². The molecule has 1 aliphatic heterocycles. The van der Waals surface area contributed by atoms with Gasteiger partial charge in [-0.15, -0.1) is 0 Å². The van der Waals surface area contributed by atoms with E-state index in [2.05, 4.69) is 53.8 Å². The first-order valence-corrected chi connectivity index (χ1v) is 10.7. The quantitative estimate of drug-likeness (QED) is 0.744. The molecular weight excluding hydrogens is 334 g/mol. The Bertz CT molecular complexity index is 723. The highest BCUT2D eigenvalue weighted by Gasteiger charge is 2.22. The van der Waals surface area contributed by atoms with Gasteiger partial charge in [0.05, 0.1) is 30.6 Å². The molecule has 0 spiro atoms. The van der Waals surface area contributed by atoms with Crippen molar-refractivity contribution in [3.8, 4) is 11.3 Å². The second-order valence-electron chi connectivity index (χ2n) is 8.42. The lowest BCUT2D eigenvalue weighted by Crippen LogP contribution is -2.35. The number of benzene rings is 1. The van der Waals surface area contributed by atoms with Gasteiger partial charge in [0.25, 0.3) is 0 Å². The molecule has 1 saturated heterocycles. The fourth-order valence-electron chi connectivity index (χ4n) is 4.37. The molecular formula is C23H33N3O. The van der Waals surface area contributed by atoms with Gasteiger partial charge in [0.1, 0.15) is 0 Å². The monoisotopic (exact) mass is 367 g/mol. The fourth-order valence-corrected chi connectivity index (χ4v) is 4.37. The van der Waals surface area contributed by atoms with Crippen molar-refractivity contribution >= 4 is 0 Å². The highest BCUT2D eigenvalue weighted by atomic mass is 16.5. The van der Waals surface area contributed by atoms with Gasteiger partial charge in [0.15, 0.2) is 0 Å². The van der Waals surface area contributed by atoms with Gasteiger partial charge in [-0.3, -0.25) is 9.58 Å². The first-order valence-electron chi connectivity index (χ1n) is 10.7. The molecule has 2 aliphatic rings. The van der Waals surface area contributed by atoms with E-state index in [-0.39, 0.29) is 0 Å². The van der Waals surface area contributed by atoms with Gasteiger partial charge < -0.3 is 4.74 Å². The van der Waals surface area contributed by atoms with Crippen molar-refractivity contribution in [3.63, 3.8) is 0 Å². The van der Waals surface area contributed by atoms with Gasteiger partial charge in [-0.1, -0.05) is 57.4 Å². The van der Waals surface area contributed by atoms with Crippen molar-refractivity contribution in [3.05, 3.63) is 41.6 Å². The Balaban J connectivity index is 1.62. The Morgan fingerprint density at radius 3 is 2.41 bits per heavy atom. The molecule has 2 heterocycles. The Labute approximate surface area is 163 Å². The van der Waals surface area contributed by atoms with Crippen molar-refractivity contribution in [1.29, 1.82) is 0 Å². The third-order valence-electron chi connectivity index (χ3n) is 6.07. The van der Waals surface area contributed by atoms with Gasteiger partial charge >= 0.3 is 0 Å². The number of hydrogen-bond donors (Lipinski definition) is 0. The second-order valence-corrected chi connectivity index (χ2v) is 8.42. The third kappa shape index (κ3) is 4.44. The van der Waals surface area contributed by atoms with Gasteiger partial charge in [0, 0.05) is 19.6 Å². The maximum Gasteiger partial charge on any atom is 0.0771 e. The average Bonchev–Trinajstić information content (AvgIpc) is 3.13. The van der Waals surface area contributed by atoms with Crippen LogP contribution in [0.5, 0.6) is 0 Å². The lowest BCUT2D eigenvalue weighted by molar-refractivity contribution is 0.0335. The van der Waals surface area contributed by atoms with E-state index < -0.39 is 0 Å². The fraction of sp³-hybridized carbons (Fsp3) is 0.609. The summed E-state index contributed by atoms with van der Waals surface area (Å²) in [4.78, 5) is 2.46. The number of ether oxygens (including phenoxy) is 1. The van der Waals surface area contributed by atoms with Crippen LogP contribution < -0.4 is 0 Å². The predicted octanol–water partition coefficient (Wildman–Crippen LogP) is 5.01. The largest absolute Gasteiger partial charge is 0.379 e. The molecule has 0 unspecified atom stereocenters. The molecule has 4 nitrogen and oxygen atoms in total. The van der Waals surface area contributed by atoms with Crippen LogP contribution in [-0.4, -0.2) is 41.0 Å². The van der Waals surface area contributed by atoms with Crippen molar-refractivity contribution in [2.45, 2.75) is 64.5 Å². The minimum Gasteiger partial charge on any atom is -0.379 e. The van der Waals surface area contributed by atoms with Crippen molar-refractivity contribution < 1.29 is 4.74 Å². The zero-order valence-corrected chi connectivity index (χ0v) is 16.9. The normalized spacial score (nSPS) is 19.7. The molecule has 1 saturated carbocycles. The highest BCUT2D eigenvalue weighted by Crippen LogP contribution is 2.33. The predicted molar refractivity (Wildman–Crippen MR) is 110 cm³/mol. The van der Waals surface area contributed by atoms with E-state index in [1.807, 2.05) is 0 Å². The van der Waals surface area contributed by atoms with E-state index in [0.717, 1.165) is 32.8 Å². The van der Waals surface area contributed by atoms with Gasteiger partial charge in [-0.25, -0.2) is 0 Å². The number of morpholine rings is 1. The van der Waals surface area contributed by atoms with Gasteiger partial charge in [0.2, 0.25) is 0 Å². The summed E-state index contributed by atoms with van der Waals surface area (Å²) >= 11 is 0. The molecule has 0 radical (unpaired) electrons. The van der Waals surface area contributed by atoms with Crippen molar-refractivity contribution in [2.75, 3.05) is 26.3 Å². The average molecular weight is 368 g/mol. The summed E-state index contributed by atoms with van der Waals surface area (Å²) < 4.78 is 7.84. The molecule has 4 rings (SSSR count). The number of rotatable bonds is 5. The van der Waals surface area contributed by atoms with Crippen LogP contribution in [0.3, 0.4) is 0 Å².